The van der Waals surface area contributed by atoms with Gasteiger partial charge in [0.2, 0.25) is 0 Å². The number of hydrogen-bond acceptors (Lipinski definition) is 0. The largest absolute Gasteiger partial charge is 0.294 e. The molecule has 0 amide bonds. The summed E-state index contributed by atoms with van der Waals surface area (Å²) in [4.78, 5) is 0. The molecule has 0 bridgehead atoms. The molecule has 0 N–H and O–H groups in total. The fraction of sp³-hybridized carbons (Fsp3) is 0.320. The van der Waals surface area contributed by atoms with Gasteiger partial charge in [0.05, 0.1) is 0 Å². The Labute approximate surface area is 185 Å². The van der Waals surface area contributed by atoms with E-state index in [1.165, 1.54) is 22.3 Å². The van der Waals surface area contributed by atoms with Gasteiger partial charge in [0.15, 0.2) is 0 Å². The quantitative estimate of drug-likeness (QED) is 0.372. The molecule has 0 aromatic heterocycles. The molecule has 4 rings (SSSR count). The van der Waals surface area contributed by atoms with E-state index in [-0.39, 0.29) is 25.8 Å². The molecule has 2 aromatic rings. The smallest absolute Gasteiger partial charge is 0 e. The molecular weight excluding hydrogens is 373 g/mol. The molecule has 0 fully saturated rings. The van der Waals surface area contributed by atoms with Crippen LogP contribution >= 0.6 is 0 Å². The summed E-state index contributed by atoms with van der Waals surface area (Å²) in [5.41, 5.74) is 10.9. The van der Waals surface area contributed by atoms with Crippen LogP contribution in [0.1, 0.15) is 60.8 Å². The topological polar surface area (TPSA) is 0 Å². The summed E-state index contributed by atoms with van der Waals surface area (Å²) in [7, 11) is -0.572. The van der Waals surface area contributed by atoms with E-state index in [0.717, 1.165) is 12.8 Å². The molecule has 0 nitrogen and oxygen atoms in total. The Morgan fingerprint density at radius 1 is 0.741 bits per heavy atom. The summed E-state index contributed by atoms with van der Waals surface area (Å²) in [5, 5.41) is 0. The molecule has 2 unspecified atom stereocenters. The number of allylic oxidation sites excluding steroid dienone is 2. The van der Waals surface area contributed by atoms with E-state index in [1.54, 1.807) is 16.7 Å². The van der Waals surface area contributed by atoms with Crippen LogP contribution in [0.4, 0.5) is 0 Å². The second-order valence-corrected chi connectivity index (χ2v) is 10.3. The van der Waals surface area contributed by atoms with Crippen molar-refractivity contribution >= 4 is 20.9 Å². The second kappa shape index (κ2) is 8.57. The molecule has 27 heavy (non-hydrogen) atoms. The standard InChI is InChI=1S/C25H28Si.Sc/c1-5-17-15-19-11-7-9-13-21(19)23(17)25(26(3)4)24-18(6-2)16-20-12-8-10-14-22(20)24;/h7-16,23-24H,5-6H2,1-4H3;/q-1;. The van der Waals surface area contributed by atoms with Gasteiger partial charge in [-0.15, -0.1) is 20.6 Å². The van der Waals surface area contributed by atoms with Gasteiger partial charge in [0.1, 0.15) is 0 Å². The van der Waals surface area contributed by atoms with Gasteiger partial charge in [-0.2, -0.15) is 0 Å². The average Bonchev–Trinajstić information content (AvgIpc) is 3.21. The van der Waals surface area contributed by atoms with Crippen molar-refractivity contribution in [3.8, 4) is 0 Å². The molecule has 0 aliphatic heterocycles. The van der Waals surface area contributed by atoms with Gasteiger partial charge in [-0.05, 0) is 24.0 Å². The van der Waals surface area contributed by atoms with Crippen LogP contribution < -0.4 is 0 Å². The van der Waals surface area contributed by atoms with Gasteiger partial charge in [-0.1, -0.05) is 110 Å². The van der Waals surface area contributed by atoms with E-state index in [9.17, 15) is 0 Å². The van der Waals surface area contributed by atoms with E-state index in [4.69, 9.17) is 0 Å². The van der Waals surface area contributed by atoms with Crippen molar-refractivity contribution in [3.05, 3.63) is 87.5 Å². The Hall–Kier alpha value is -0.993. The van der Waals surface area contributed by atoms with E-state index in [2.05, 4.69) is 87.6 Å². The van der Waals surface area contributed by atoms with Crippen molar-refractivity contribution in [2.45, 2.75) is 51.6 Å². The van der Waals surface area contributed by atoms with Crippen LogP contribution in [-0.2, 0) is 25.8 Å². The van der Waals surface area contributed by atoms with Crippen LogP contribution in [0.2, 0.25) is 13.1 Å². The Balaban J connectivity index is 0.00000210. The minimum Gasteiger partial charge on any atom is -0.294 e. The van der Waals surface area contributed by atoms with Gasteiger partial charge in [0.25, 0.3) is 0 Å². The van der Waals surface area contributed by atoms with Crippen molar-refractivity contribution in [2.24, 2.45) is 0 Å². The second-order valence-electron chi connectivity index (χ2n) is 7.72. The third-order valence-electron chi connectivity index (χ3n) is 6.05. The molecule has 0 spiro atoms. The average molecular weight is 402 g/mol. The summed E-state index contributed by atoms with van der Waals surface area (Å²) in [6.07, 6.45) is 7.19. The fourth-order valence-corrected chi connectivity index (χ4v) is 6.70. The molecule has 0 heterocycles. The zero-order chi connectivity index (χ0) is 18.3. The van der Waals surface area contributed by atoms with Crippen molar-refractivity contribution in [3.63, 3.8) is 0 Å². The zero-order valence-electron chi connectivity index (χ0n) is 16.9. The summed E-state index contributed by atoms with van der Waals surface area (Å²) in [6, 6.07) is 18.1. The van der Waals surface area contributed by atoms with Gasteiger partial charge < -0.3 is 0 Å². The predicted octanol–water partition coefficient (Wildman–Crippen LogP) is 7.03. The third-order valence-corrected chi connectivity index (χ3v) is 7.79. The van der Waals surface area contributed by atoms with Gasteiger partial charge in [-0.25, -0.2) is 0 Å². The van der Waals surface area contributed by atoms with Gasteiger partial charge >= 0.3 is 0 Å². The predicted molar refractivity (Wildman–Crippen MR) is 116 cm³/mol. The van der Waals surface area contributed by atoms with Gasteiger partial charge in [-0.3, -0.25) is 5.54 Å². The van der Waals surface area contributed by atoms with Crippen molar-refractivity contribution in [1.82, 2.24) is 0 Å². The molecule has 2 aliphatic carbocycles. The van der Waals surface area contributed by atoms with Crippen molar-refractivity contribution in [1.29, 1.82) is 0 Å². The molecular formula is C25H28ScSi-. The monoisotopic (exact) mass is 401 g/mol. The van der Waals surface area contributed by atoms with Crippen LogP contribution in [0.5, 0.6) is 0 Å². The first-order valence-electron chi connectivity index (χ1n) is 9.91. The van der Waals surface area contributed by atoms with E-state index < -0.39 is 8.80 Å². The first-order chi connectivity index (χ1) is 12.7. The van der Waals surface area contributed by atoms with E-state index in [1.807, 2.05) is 0 Å². The van der Waals surface area contributed by atoms with Crippen LogP contribution in [0, 0.1) is 5.54 Å². The third kappa shape index (κ3) is 3.56. The summed E-state index contributed by atoms with van der Waals surface area (Å²) >= 11 is 0. The number of hydrogen-bond donors (Lipinski definition) is 0. The summed E-state index contributed by atoms with van der Waals surface area (Å²) in [6.45, 7) is 9.61. The van der Waals surface area contributed by atoms with Crippen LogP contribution in [0.15, 0.2) is 59.7 Å². The van der Waals surface area contributed by atoms with E-state index in [0.29, 0.717) is 11.8 Å². The number of benzene rings is 2. The molecule has 0 saturated carbocycles. The molecule has 2 aliphatic rings. The Kier molecular flexibility index (Phi) is 6.58. The van der Waals surface area contributed by atoms with E-state index >= 15 is 0 Å². The fourth-order valence-electron chi connectivity index (χ4n) is 4.87. The van der Waals surface area contributed by atoms with Crippen LogP contribution in [0.25, 0.3) is 12.2 Å². The minimum atomic E-state index is -0.572. The van der Waals surface area contributed by atoms with Gasteiger partial charge in [0, 0.05) is 25.8 Å². The first kappa shape index (κ1) is 20.7. The maximum absolute atomic E-state index is 2.49. The molecule has 0 saturated heterocycles. The van der Waals surface area contributed by atoms with Crippen molar-refractivity contribution < 1.29 is 25.8 Å². The maximum Gasteiger partial charge on any atom is 0 e. The van der Waals surface area contributed by atoms with Crippen LogP contribution in [-0.4, -0.2) is 8.80 Å². The Morgan fingerprint density at radius 3 is 1.52 bits per heavy atom. The number of fused-ring (bicyclic) bond motifs is 2. The first-order valence-corrected chi connectivity index (χ1v) is 12.4. The van der Waals surface area contributed by atoms with Crippen LogP contribution in [0.3, 0.4) is 0 Å². The Morgan fingerprint density at radius 2 is 1.15 bits per heavy atom. The number of rotatable bonds is 5. The Bertz CT molecular complexity index is 808. The maximum atomic E-state index is 2.49. The summed E-state index contributed by atoms with van der Waals surface area (Å²) in [5.74, 6) is 1.01. The normalized spacial score (nSPS) is 20.2. The molecule has 2 aromatic carbocycles. The molecule has 2 heteroatoms. The zero-order valence-corrected chi connectivity index (χ0v) is 19.7. The molecule has 2 atom stereocenters. The van der Waals surface area contributed by atoms with Crippen molar-refractivity contribution in [2.75, 3.05) is 0 Å². The molecule has 136 valence electrons. The molecule has 2 radical (unpaired) electrons. The SMILES string of the molecule is CCC1=Cc2ccccc2C1[C-](C1C(CC)=Cc2ccccc21)[Si](C)C.[Sc]. The minimum absolute atomic E-state index is 0. The summed E-state index contributed by atoms with van der Waals surface area (Å²) < 4.78 is 0.